The second-order valence-corrected chi connectivity index (χ2v) is 10.1. The summed E-state index contributed by atoms with van der Waals surface area (Å²) in [6.07, 6.45) is 7.20. The number of benzene rings is 2. The molecule has 34 heavy (non-hydrogen) atoms. The minimum Gasteiger partial charge on any atom is -0.507 e. The van der Waals surface area contributed by atoms with Crippen molar-refractivity contribution in [3.63, 3.8) is 0 Å². The van der Waals surface area contributed by atoms with Crippen molar-refractivity contribution in [2.45, 2.75) is 84.3 Å². The van der Waals surface area contributed by atoms with Crippen molar-refractivity contribution in [3.8, 4) is 11.5 Å². The Morgan fingerprint density at radius 3 is 2.47 bits per heavy atom. The molecule has 0 saturated carbocycles. The molecule has 1 heterocycles. The smallest absolute Gasteiger partial charge is 0.342 e. The molecule has 1 atom stereocenters. The lowest BCUT2D eigenvalue weighted by Crippen LogP contribution is -2.17. The molecule has 2 aromatic rings. The van der Waals surface area contributed by atoms with Crippen LogP contribution in [0, 0.1) is 0 Å². The molecule has 5 nitrogen and oxygen atoms in total. The molecule has 0 amide bonds. The van der Waals surface area contributed by atoms with E-state index in [1.807, 2.05) is 25.1 Å². The fraction of sp³-hybridized carbons (Fsp3) is 0.448. The number of allylic oxidation sites excluding steroid dienone is 1. The lowest BCUT2D eigenvalue weighted by atomic mass is 9.87. The van der Waals surface area contributed by atoms with Crippen molar-refractivity contribution in [1.82, 2.24) is 0 Å². The maximum absolute atomic E-state index is 12.9. The van der Waals surface area contributed by atoms with Crippen molar-refractivity contribution in [2.24, 2.45) is 0 Å². The minimum atomic E-state index is -0.572. The van der Waals surface area contributed by atoms with E-state index in [0.29, 0.717) is 50.0 Å². The highest BCUT2D eigenvalue weighted by molar-refractivity contribution is 5.97. The number of carbonyl (C=O) groups is 2. The molecule has 1 unspecified atom stereocenters. The van der Waals surface area contributed by atoms with Gasteiger partial charge in [-0.3, -0.25) is 4.79 Å². The van der Waals surface area contributed by atoms with Crippen LogP contribution in [0.4, 0.5) is 0 Å². The first-order chi connectivity index (χ1) is 16.1. The Hall–Kier alpha value is -3.08. The van der Waals surface area contributed by atoms with Gasteiger partial charge < -0.3 is 14.6 Å². The fourth-order valence-corrected chi connectivity index (χ4v) is 3.97. The molecule has 0 bridgehead atoms. The zero-order valence-corrected chi connectivity index (χ0v) is 20.7. The Labute approximate surface area is 202 Å². The average molecular weight is 465 g/mol. The number of esters is 1. The summed E-state index contributed by atoms with van der Waals surface area (Å²) in [5.74, 6) is -0.0248. The summed E-state index contributed by atoms with van der Waals surface area (Å²) in [7, 11) is 0. The van der Waals surface area contributed by atoms with Crippen molar-refractivity contribution in [3.05, 3.63) is 64.7 Å². The van der Waals surface area contributed by atoms with Crippen LogP contribution < -0.4 is 4.74 Å². The summed E-state index contributed by atoms with van der Waals surface area (Å²) in [6, 6.07) is 11.5. The highest BCUT2D eigenvalue weighted by Gasteiger charge is 2.21. The summed E-state index contributed by atoms with van der Waals surface area (Å²) >= 11 is 0. The van der Waals surface area contributed by atoms with E-state index in [0.717, 1.165) is 12.0 Å². The van der Waals surface area contributed by atoms with Gasteiger partial charge in [-0.05, 0) is 60.8 Å². The molecule has 0 aliphatic carbocycles. The van der Waals surface area contributed by atoms with E-state index < -0.39 is 5.97 Å². The highest BCUT2D eigenvalue weighted by atomic mass is 16.5. The number of rotatable bonds is 3. The van der Waals surface area contributed by atoms with Gasteiger partial charge >= 0.3 is 5.97 Å². The van der Waals surface area contributed by atoms with Gasteiger partial charge in [-0.2, -0.15) is 0 Å². The Morgan fingerprint density at radius 2 is 1.76 bits per heavy atom. The SMILES string of the molecule is CC1CCCC(=O)CCCC=Cc2cc(OCc3ccc(C(C)(C)C)cc3)cc(O)c2C(=O)O1. The molecular formula is C29H36O5. The summed E-state index contributed by atoms with van der Waals surface area (Å²) < 4.78 is 11.5. The van der Waals surface area contributed by atoms with Crippen molar-refractivity contribution in [1.29, 1.82) is 0 Å². The van der Waals surface area contributed by atoms with Crippen molar-refractivity contribution >= 4 is 17.8 Å². The third-order valence-electron chi connectivity index (χ3n) is 6.05. The quantitative estimate of drug-likeness (QED) is 0.509. The van der Waals surface area contributed by atoms with Gasteiger partial charge in [-0.15, -0.1) is 0 Å². The van der Waals surface area contributed by atoms with Crippen LogP contribution in [0.2, 0.25) is 0 Å². The van der Waals surface area contributed by atoms with Crippen LogP contribution in [-0.4, -0.2) is 23.0 Å². The van der Waals surface area contributed by atoms with E-state index in [1.54, 1.807) is 12.1 Å². The van der Waals surface area contributed by atoms with Crippen LogP contribution in [0.5, 0.6) is 11.5 Å². The molecular weight excluding hydrogens is 428 g/mol. The maximum atomic E-state index is 12.9. The van der Waals surface area contributed by atoms with Gasteiger partial charge in [0.15, 0.2) is 0 Å². The molecule has 182 valence electrons. The van der Waals surface area contributed by atoms with Gasteiger partial charge in [0, 0.05) is 18.9 Å². The van der Waals surface area contributed by atoms with Gasteiger partial charge in [0.25, 0.3) is 0 Å². The summed E-state index contributed by atoms with van der Waals surface area (Å²) in [4.78, 5) is 24.8. The summed E-state index contributed by atoms with van der Waals surface area (Å²) in [6.45, 7) is 8.67. The number of ketones is 1. The van der Waals surface area contributed by atoms with Crippen LogP contribution >= 0.6 is 0 Å². The van der Waals surface area contributed by atoms with Gasteiger partial charge in [-0.25, -0.2) is 4.79 Å². The summed E-state index contributed by atoms with van der Waals surface area (Å²) in [5, 5.41) is 10.7. The maximum Gasteiger partial charge on any atom is 0.342 e. The number of carbonyl (C=O) groups excluding carboxylic acids is 2. The topological polar surface area (TPSA) is 72.8 Å². The van der Waals surface area contributed by atoms with Crippen molar-refractivity contribution < 1.29 is 24.2 Å². The number of Topliss-reactive ketones (excluding diaryl/α,β-unsaturated/α-hetero) is 1. The molecule has 1 aliphatic rings. The monoisotopic (exact) mass is 464 g/mol. The van der Waals surface area contributed by atoms with E-state index >= 15 is 0 Å². The number of ether oxygens (including phenoxy) is 2. The number of cyclic esters (lactones) is 1. The fourth-order valence-electron chi connectivity index (χ4n) is 3.97. The number of fused-ring (bicyclic) bond motifs is 1. The van der Waals surface area contributed by atoms with Crippen molar-refractivity contribution in [2.75, 3.05) is 0 Å². The third-order valence-corrected chi connectivity index (χ3v) is 6.05. The molecule has 3 rings (SSSR count). The number of phenols is 1. The average Bonchev–Trinajstić information content (AvgIpc) is 2.76. The molecule has 2 aromatic carbocycles. The lowest BCUT2D eigenvalue weighted by molar-refractivity contribution is -0.119. The number of phenolic OH excluding ortho intramolecular Hbond substituents is 1. The van der Waals surface area contributed by atoms with Crippen LogP contribution in [-0.2, 0) is 21.6 Å². The van der Waals surface area contributed by atoms with Crippen LogP contribution in [0.3, 0.4) is 0 Å². The van der Waals surface area contributed by atoms with Gasteiger partial charge in [-0.1, -0.05) is 57.2 Å². The molecule has 0 spiro atoms. The van der Waals surface area contributed by atoms with Crippen LogP contribution in [0.15, 0.2) is 42.5 Å². The standard InChI is InChI=1S/C29H36O5/c1-20-9-8-12-24(30)11-7-5-6-10-22-17-25(18-26(31)27(22)28(32)34-20)33-19-21-13-15-23(16-14-21)29(2,3)4/h6,10,13-18,20,31H,5,7-9,11-12,19H2,1-4H3. The first kappa shape index (κ1) is 25.5. The first-order valence-electron chi connectivity index (χ1n) is 12.1. The largest absolute Gasteiger partial charge is 0.507 e. The highest BCUT2D eigenvalue weighted by Crippen LogP contribution is 2.31. The third kappa shape index (κ3) is 7.21. The second-order valence-electron chi connectivity index (χ2n) is 10.1. The lowest BCUT2D eigenvalue weighted by Gasteiger charge is -2.19. The van der Waals surface area contributed by atoms with E-state index in [2.05, 4.69) is 32.9 Å². The predicted molar refractivity (Wildman–Crippen MR) is 134 cm³/mol. The zero-order valence-electron chi connectivity index (χ0n) is 20.7. The molecule has 0 radical (unpaired) electrons. The number of hydrogen-bond donors (Lipinski definition) is 1. The summed E-state index contributed by atoms with van der Waals surface area (Å²) in [5.41, 5.74) is 3.03. The van der Waals surface area contributed by atoms with E-state index in [9.17, 15) is 14.7 Å². The van der Waals surface area contributed by atoms with Crippen LogP contribution in [0.1, 0.15) is 93.3 Å². The predicted octanol–water partition coefficient (Wildman–Crippen LogP) is 6.75. The molecule has 5 heteroatoms. The normalized spacial score (nSPS) is 18.1. The van der Waals surface area contributed by atoms with Gasteiger partial charge in [0.05, 0.1) is 6.10 Å². The van der Waals surface area contributed by atoms with Crippen LogP contribution in [0.25, 0.3) is 6.08 Å². The van der Waals surface area contributed by atoms with E-state index in [4.69, 9.17) is 9.47 Å². The molecule has 0 fully saturated rings. The Balaban J connectivity index is 1.81. The van der Waals surface area contributed by atoms with Gasteiger partial charge in [0.2, 0.25) is 0 Å². The van der Waals surface area contributed by atoms with E-state index in [-0.39, 0.29) is 28.6 Å². The Bertz CT molecular complexity index is 1030. The van der Waals surface area contributed by atoms with E-state index in [1.165, 1.54) is 11.6 Å². The second kappa shape index (κ2) is 11.4. The Kier molecular flexibility index (Phi) is 8.54. The zero-order chi connectivity index (χ0) is 24.7. The number of aromatic hydroxyl groups is 1. The molecule has 0 aromatic heterocycles. The molecule has 0 saturated heterocycles. The molecule has 1 aliphatic heterocycles. The minimum absolute atomic E-state index is 0.0836. The molecule has 1 N–H and O–H groups in total. The Morgan fingerprint density at radius 1 is 1.06 bits per heavy atom. The number of hydrogen-bond acceptors (Lipinski definition) is 5. The first-order valence-corrected chi connectivity index (χ1v) is 12.1. The van der Waals surface area contributed by atoms with Gasteiger partial charge in [0.1, 0.15) is 29.5 Å².